The van der Waals surface area contributed by atoms with E-state index in [1.807, 2.05) is 12.1 Å². The van der Waals surface area contributed by atoms with Gasteiger partial charge in [-0.1, -0.05) is 15.9 Å². The van der Waals surface area contributed by atoms with Crippen LogP contribution in [-0.4, -0.2) is 29.3 Å². The molecular formula is C12H16BrN3O. The second kappa shape index (κ2) is 6.00. The maximum Gasteiger partial charge on any atom is 0.225 e. The Kier molecular flexibility index (Phi) is 4.36. The standard InChI is InChI=1S/C12H16BrN3O/c13-6-5-11(17)15-10-4-3-7-14-12(10)16-8-1-2-9-16/h3-4,7H,1-2,5-6,8-9H2,(H,15,17). The van der Waals surface area contributed by atoms with Gasteiger partial charge in [0.2, 0.25) is 5.91 Å². The van der Waals surface area contributed by atoms with Crippen molar-refractivity contribution in [2.24, 2.45) is 0 Å². The van der Waals surface area contributed by atoms with Crippen molar-refractivity contribution in [3.8, 4) is 0 Å². The average Bonchev–Trinajstić information content (AvgIpc) is 2.83. The van der Waals surface area contributed by atoms with E-state index < -0.39 is 0 Å². The molecule has 0 unspecified atom stereocenters. The zero-order valence-electron chi connectivity index (χ0n) is 9.66. The molecule has 1 fully saturated rings. The highest BCUT2D eigenvalue weighted by atomic mass is 79.9. The number of pyridine rings is 1. The van der Waals surface area contributed by atoms with Gasteiger partial charge in [0.25, 0.3) is 0 Å². The summed E-state index contributed by atoms with van der Waals surface area (Å²) in [5, 5.41) is 3.59. The Morgan fingerprint density at radius 2 is 2.24 bits per heavy atom. The highest BCUT2D eigenvalue weighted by Gasteiger charge is 2.17. The Labute approximate surface area is 110 Å². The van der Waals surface area contributed by atoms with E-state index in [0.29, 0.717) is 11.8 Å². The highest BCUT2D eigenvalue weighted by molar-refractivity contribution is 9.09. The van der Waals surface area contributed by atoms with Crippen molar-refractivity contribution in [2.45, 2.75) is 19.3 Å². The number of rotatable bonds is 4. The second-order valence-electron chi connectivity index (χ2n) is 4.06. The predicted octanol–water partition coefficient (Wildman–Crippen LogP) is 2.41. The van der Waals surface area contributed by atoms with Crippen LogP contribution >= 0.6 is 15.9 Å². The number of nitrogens with zero attached hydrogens (tertiary/aromatic N) is 2. The summed E-state index contributed by atoms with van der Waals surface area (Å²) in [4.78, 5) is 18.2. The molecule has 1 N–H and O–H groups in total. The predicted molar refractivity (Wildman–Crippen MR) is 72.7 cm³/mol. The van der Waals surface area contributed by atoms with Crippen molar-refractivity contribution in [1.29, 1.82) is 0 Å². The molecule has 1 aliphatic heterocycles. The fourth-order valence-corrected chi connectivity index (χ4v) is 2.33. The molecule has 0 aliphatic carbocycles. The van der Waals surface area contributed by atoms with Crippen LogP contribution in [0.15, 0.2) is 18.3 Å². The van der Waals surface area contributed by atoms with E-state index in [0.717, 1.165) is 24.6 Å². The van der Waals surface area contributed by atoms with E-state index in [9.17, 15) is 4.79 Å². The number of carbonyl (C=O) groups is 1. The van der Waals surface area contributed by atoms with Crippen molar-refractivity contribution in [3.05, 3.63) is 18.3 Å². The minimum absolute atomic E-state index is 0.0234. The maximum absolute atomic E-state index is 11.6. The lowest BCUT2D eigenvalue weighted by molar-refractivity contribution is -0.115. The van der Waals surface area contributed by atoms with Gasteiger partial charge in [0.1, 0.15) is 0 Å². The Hall–Kier alpha value is -1.10. The van der Waals surface area contributed by atoms with E-state index in [1.165, 1.54) is 12.8 Å². The minimum atomic E-state index is 0.0234. The van der Waals surface area contributed by atoms with Gasteiger partial charge < -0.3 is 10.2 Å². The third-order valence-electron chi connectivity index (χ3n) is 2.79. The summed E-state index contributed by atoms with van der Waals surface area (Å²) >= 11 is 3.26. The van der Waals surface area contributed by atoms with Gasteiger partial charge in [-0.3, -0.25) is 4.79 Å². The summed E-state index contributed by atoms with van der Waals surface area (Å²) in [6.07, 6.45) is 4.65. The molecule has 0 aromatic carbocycles. The van der Waals surface area contributed by atoms with Crippen LogP contribution < -0.4 is 10.2 Å². The molecule has 5 heteroatoms. The van der Waals surface area contributed by atoms with Crippen LogP contribution in [0.2, 0.25) is 0 Å². The molecule has 1 aromatic heterocycles. The first-order valence-corrected chi connectivity index (χ1v) is 6.99. The van der Waals surface area contributed by atoms with Crippen molar-refractivity contribution in [3.63, 3.8) is 0 Å². The average molecular weight is 298 g/mol. The van der Waals surface area contributed by atoms with Crippen molar-refractivity contribution >= 4 is 33.3 Å². The topological polar surface area (TPSA) is 45.2 Å². The summed E-state index contributed by atoms with van der Waals surface area (Å²) < 4.78 is 0. The molecule has 0 saturated carbocycles. The number of amides is 1. The molecule has 0 atom stereocenters. The summed E-state index contributed by atoms with van der Waals surface area (Å²) in [6, 6.07) is 3.76. The molecule has 2 rings (SSSR count). The molecule has 92 valence electrons. The summed E-state index contributed by atoms with van der Waals surface area (Å²) in [5.41, 5.74) is 0.820. The van der Waals surface area contributed by atoms with E-state index in [1.54, 1.807) is 6.20 Å². The van der Waals surface area contributed by atoms with Crippen molar-refractivity contribution in [1.82, 2.24) is 4.98 Å². The van der Waals surface area contributed by atoms with Crippen LogP contribution in [0.3, 0.4) is 0 Å². The Morgan fingerprint density at radius 3 is 2.94 bits per heavy atom. The molecule has 1 aromatic rings. The van der Waals surface area contributed by atoms with Gasteiger partial charge in [-0.15, -0.1) is 0 Å². The quantitative estimate of drug-likeness (QED) is 0.868. The number of nitrogens with one attached hydrogen (secondary N) is 1. The van der Waals surface area contributed by atoms with Crippen LogP contribution in [0.1, 0.15) is 19.3 Å². The second-order valence-corrected chi connectivity index (χ2v) is 4.85. The highest BCUT2D eigenvalue weighted by Crippen LogP contribution is 2.26. The lowest BCUT2D eigenvalue weighted by Crippen LogP contribution is -2.22. The molecule has 4 nitrogen and oxygen atoms in total. The molecule has 0 bridgehead atoms. The van der Waals surface area contributed by atoms with Crippen LogP contribution in [-0.2, 0) is 4.79 Å². The zero-order chi connectivity index (χ0) is 12.1. The smallest absolute Gasteiger partial charge is 0.225 e. The van der Waals surface area contributed by atoms with Gasteiger partial charge in [0, 0.05) is 31.0 Å². The van der Waals surface area contributed by atoms with Crippen LogP contribution in [0.25, 0.3) is 0 Å². The molecule has 2 heterocycles. The number of carbonyl (C=O) groups excluding carboxylic acids is 1. The van der Waals surface area contributed by atoms with E-state index in [2.05, 4.69) is 31.1 Å². The monoisotopic (exact) mass is 297 g/mol. The number of anilines is 2. The summed E-state index contributed by atoms with van der Waals surface area (Å²) in [7, 11) is 0. The van der Waals surface area contributed by atoms with E-state index in [-0.39, 0.29) is 5.91 Å². The SMILES string of the molecule is O=C(CCBr)Nc1cccnc1N1CCCC1. The third kappa shape index (κ3) is 3.19. The van der Waals surface area contributed by atoms with Gasteiger partial charge >= 0.3 is 0 Å². The van der Waals surface area contributed by atoms with Crippen molar-refractivity contribution in [2.75, 3.05) is 28.6 Å². The number of alkyl halides is 1. The third-order valence-corrected chi connectivity index (χ3v) is 3.18. The first-order chi connectivity index (χ1) is 8.31. The van der Waals surface area contributed by atoms with Crippen LogP contribution in [0.5, 0.6) is 0 Å². The minimum Gasteiger partial charge on any atom is -0.355 e. The zero-order valence-corrected chi connectivity index (χ0v) is 11.2. The first kappa shape index (κ1) is 12.4. The molecule has 1 saturated heterocycles. The van der Waals surface area contributed by atoms with Gasteiger partial charge in [-0.2, -0.15) is 0 Å². The first-order valence-electron chi connectivity index (χ1n) is 5.87. The van der Waals surface area contributed by atoms with Crippen molar-refractivity contribution < 1.29 is 4.79 Å². The number of hydrogen-bond acceptors (Lipinski definition) is 3. The van der Waals surface area contributed by atoms with E-state index >= 15 is 0 Å². The molecular weight excluding hydrogens is 282 g/mol. The normalized spacial score (nSPS) is 15.0. The number of halogens is 1. The lowest BCUT2D eigenvalue weighted by atomic mass is 10.3. The fourth-order valence-electron chi connectivity index (χ4n) is 1.97. The maximum atomic E-state index is 11.6. The summed E-state index contributed by atoms with van der Waals surface area (Å²) in [6.45, 7) is 2.05. The molecule has 17 heavy (non-hydrogen) atoms. The molecule has 0 radical (unpaired) electrons. The number of hydrogen-bond donors (Lipinski definition) is 1. The molecule has 1 aliphatic rings. The van der Waals surface area contributed by atoms with Gasteiger partial charge in [-0.25, -0.2) is 4.98 Å². The van der Waals surface area contributed by atoms with Gasteiger partial charge in [0.15, 0.2) is 5.82 Å². The largest absolute Gasteiger partial charge is 0.355 e. The van der Waals surface area contributed by atoms with E-state index in [4.69, 9.17) is 0 Å². The van der Waals surface area contributed by atoms with Crippen LogP contribution in [0, 0.1) is 0 Å². The van der Waals surface area contributed by atoms with Gasteiger partial charge in [-0.05, 0) is 25.0 Å². The Bertz CT molecular complexity index is 391. The lowest BCUT2D eigenvalue weighted by Gasteiger charge is -2.19. The van der Waals surface area contributed by atoms with Gasteiger partial charge in [0.05, 0.1) is 5.69 Å². The Morgan fingerprint density at radius 1 is 1.47 bits per heavy atom. The Balaban J connectivity index is 2.12. The number of aromatic nitrogens is 1. The summed E-state index contributed by atoms with van der Waals surface area (Å²) in [5.74, 6) is 0.920. The fraction of sp³-hybridized carbons (Fsp3) is 0.500. The molecule has 0 spiro atoms. The van der Waals surface area contributed by atoms with Crippen LogP contribution in [0.4, 0.5) is 11.5 Å². The molecule has 1 amide bonds.